The molecule has 1 atom stereocenters. The zero-order chi connectivity index (χ0) is 17.0. The molecule has 4 heteroatoms. The first-order valence-corrected chi connectivity index (χ1v) is 8.89. The van der Waals surface area contributed by atoms with Gasteiger partial charge in [-0.2, -0.15) is 0 Å². The average Bonchev–Trinajstić information content (AvgIpc) is 2.47. The summed E-state index contributed by atoms with van der Waals surface area (Å²) in [5, 5.41) is 18.7. The van der Waals surface area contributed by atoms with Gasteiger partial charge in [0.1, 0.15) is 0 Å². The average molecular weight is 314 g/mol. The summed E-state index contributed by atoms with van der Waals surface area (Å²) in [6, 6.07) is 0. The van der Waals surface area contributed by atoms with E-state index in [0.29, 0.717) is 19.3 Å². The molecule has 0 aromatic heterocycles. The maximum Gasteiger partial charge on any atom is 0.309 e. The summed E-state index contributed by atoms with van der Waals surface area (Å²) >= 11 is 0. The fraction of sp³-hybridized carbons (Fsp3) is 0.889. The molecule has 0 aliphatic carbocycles. The Labute approximate surface area is 135 Å². The van der Waals surface area contributed by atoms with E-state index in [2.05, 4.69) is 6.92 Å². The zero-order valence-electron chi connectivity index (χ0n) is 14.6. The van der Waals surface area contributed by atoms with Gasteiger partial charge in [0, 0.05) is 6.42 Å². The molecule has 0 radical (unpaired) electrons. The summed E-state index contributed by atoms with van der Waals surface area (Å²) in [4.78, 5) is 22.8. The van der Waals surface area contributed by atoms with Crippen LogP contribution in [-0.2, 0) is 9.59 Å². The standard InChI is InChI=1S/C18H34O4/c1-4-7-8-9-10-11-12-13-15(14-16(19)20)18(5-2,6-3)17(21)22/h15H,4-14H2,1-3H3,(H,19,20)(H,21,22). The number of aliphatic carboxylic acids is 2. The summed E-state index contributed by atoms with van der Waals surface area (Å²) in [6.45, 7) is 5.91. The Hall–Kier alpha value is -1.06. The highest BCUT2D eigenvalue weighted by molar-refractivity contribution is 5.76. The number of carboxylic acids is 2. The molecule has 22 heavy (non-hydrogen) atoms. The Morgan fingerprint density at radius 3 is 1.77 bits per heavy atom. The Morgan fingerprint density at radius 2 is 1.36 bits per heavy atom. The third-order valence-corrected chi connectivity index (χ3v) is 5.05. The van der Waals surface area contributed by atoms with Crippen molar-refractivity contribution in [1.82, 2.24) is 0 Å². The van der Waals surface area contributed by atoms with Gasteiger partial charge >= 0.3 is 11.9 Å². The summed E-state index contributed by atoms with van der Waals surface area (Å²) in [5.74, 6) is -2.00. The molecule has 0 spiro atoms. The van der Waals surface area contributed by atoms with Gasteiger partial charge in [-0.1, -0.05) is 65.7 Å². The summed E-state index contributed by atoms with van der Waals surface area (Å²) in [5.41, 5.74) is -0.888. The Bertz CT molecular complexity index is 321. The van der Waals surface area contributed by atoms with E-state index in [1.165, 1.54) is 25.7 Å². The number of carboxylic acid groups (broad SMARTS) is 2. The van der Waals surface area contributed by atoms with Crippen LogP contribution in [0.5, 0.6) is 0 Å². The predicted molar refractivity (Wildman–Crippen MR) is 89.0 cm³/mol. The quantitative estimate of drug-likeness (QED) is 0.437. The topological polar surface area (TPSA) is 74.6 Å². The van der Waals surface area contributed by atoms with Crippen molar-refractivity contribution >= 4 is 11.9 Å². The number of hydrogen-bond acceptors (Lipinski definition) is 2. The van der Waals surface area contributed by atoms with Gasteiger partial charge in [-0.3, -0.25) is 9.59 Å². The Morgan fingerprint density at radius 1 is 0.864 bits per heavy atom. The van der Waals surface area contributed by atoms with Crippen LogP contribution in [-0.4, -0.2) is 22.2 Å². The molecule has 0 saturated carbocycles. The summed E-state index contributed by atoms with van der Waals surface area (Å²) in [6.07, 6.45) is 9.81. The zero-order valence-corrected chi connectivity index (χ0v) is 14.6. The van der Waals surface area contributed by atoms with E-state index in [-0.39, 0.29) is 12.3 Å². The van der Waals surface area contributed by atoms with Gasteiger partial charge in [0.25, 0.3) is 0 Å². The smallest absolute Gasteiger partial charge is 0.309 e. The van der Waals surface area contributed by atoms with Crippen molar-refractivity contribution in [2.75, 3.05) is 0 Å². The molecule has 130 valence electrons. The molecule has 0 amide bonds. The molecule has 0 saturated heterocycles. The van der Waals surface area contributed by atoms with E-state index < -0.39 is 17.4 Å². The lowest BCUT2D eigenvalue weighted by molar-refractivity contribution is -0.155. The van der Waals surface area contributed by atoms with Crippen LogP contribution >= 0.6 is 0 Å². The highest BCUT2D eigenvalue weighted by Gasteiger charge is 2.43. The maximum atomic E-state index is 11.7. The van der Waals surface area contributed by atoms with E-state index in [9.17, 15) is 14.7 Å². The molecule has 0 aromatic rings. The van der Waals surface area contributed by atoms with Gasteiger partial charge in [-0.15, -0.1) is 0 Å². The van der Waals surface area contributed by atoms with E-state index >= 15 is 0 Å². The maximum absolute atomic E-state index is 11.7. The number of carbonyl (C=O) groups is 2. The molecular weight excluding hydrogens is 280 g/mol. The van der Waals surface area contributed by atoms with Gasteiger partial charge in [0.2, 0.25) is 0 Å². The second-order valence-corrected chi connectivity index (χ2v) is 6.37. The molecule has 0 rings (SSSR count). The number of rotatable bonds is 14. The van der Waals surface area contributed by atoms with E-state index in [1.807, 2.05) is 13.8 Å². The van der Waals surface area contributed by atoms with Crippen molar-refractivity contribution in [3.05, 3.63) is 0 Å². The molecule has 4 nitrogen and oxygen atoms in total. The number of hydrogen-bond donors (Lipinski definition) is 2. The van der Waals surface area contributed by atoms with Crippen LogP contribution in [0.4, 0.5) is 0 Å². The largest absolute Gasteiger partial charge is 0.481 e. The minimum atomic E-state index is -0.888. The van der Waals surface area contributed by atoms with Gasteiger partial charge in [0.05, 0.1) is 5.41 Å². The van der Waals surface area contributed by atoms with Gasteiger partial charge in [0.15, 0.2) is 0 Å². The SMILES string of the molecule is CCCCCCCCCC(CC(=O)O)C(CC)(CC)C(=O)O. The monoisotopic (exact) mass is 314 g/mol. The molecular formula is C18H34O4. The molecule has 0 aliphatic heterocycles. The van der Waals surface area contributed by atoms with Crippen LogP contribution in [0.2, 0.25) is 0 Å². The first-order chi connectivity index (χ1) is 10.4. The van der Waals surface area contributed by atoms with Crippen LogP contribution in [0.3, 0.4) is 0 Å². The fourth-order valence-corrected chi connectivity index (χ4v) is 3.44. The van der Waals surface area contributed by atoms with Gasteiger partial charge in [-0.25, -0.2) is 0 Å². The van der Waals surface area contributed by atoms with Gasteiger partial charge in [-0.05, 0) is 25.2 Å². The molecule has 1 unspecified atom stereocenters. The Kier molecular flexibility index (Phi) is 10.9. The third-order valence-electron chi connectivity index (χ3n) is 5.05. The molecule has 2 N–H and O–H groups in total. The highest BCUT2D eigenvalue weighted by atomic mass is 16.4. The first kappa shape index (κ1) is 20.9. The van der Waals surface area contributed by atoms with Crippen molar-refractivity contribution in [3.8, 4) is 0 Å². The highest BCUT2D eigenvalue weighted by Crippen LogP contribution is 2.41. The first-order valence-electron chi connectivity index (χ1n) is 8.89. The van der Waals surface area contributed by atoms with Crippen molar-refractivity contribution in [2.24, 2.45) is 11.3 Å². The van der Waals surface area contributed by atoms with Crippen molar-refractivity contribution in [3.63, 3.8) is 0 Å². The second-order valence-electron chi connectivity index (χ2n) is 6.37. The van der Waals surface area contributed by atoms with Crippen LogP contribution in [0.1, 0.15) is 91.4 Å². The number of unbranched alkanes of at least 4 members (excludes halogenated alkanes) is 6. The summed E-state index contributed by atoms with van der Waals surface area (Å²) in [7, 11) is 0. The van der Waals surface area contributed by atoms with Crippen LogP contribution < -0.4 is 0 Å². The Balaban J connectivity index is 4.51. The minimum absolute atomic E-state index is 0.0379. The molecule has 0 heterocycles. The van der Waals surface area contributed by atoms with Crippen molar-refractivity contribution in [1.29, 1.82) is 0 Å². The van der Waals surface area contributed by atoms with Crippen molar-refractivity contribution < 1.29 is 19.8 Å². The van der Waals surface area contributed by atoms with Crippen LogP contribution in [0.15, 0.2) is 0 Å². The molecule has 0 aliphatic rings. The minimum Gasteiger partial charge on any atom is -0.481 e. The van der Waals surface area contributed by atoms with Crippen LogP contribution in [0.25, 0.3) is 0 Å². The lowest BCUT2D eigenvalue weighted by Crippen LogP contribution is -2.39. The van der Waals surface area contributed by atoms with Crippen molar-refractivity contribution in [2.45, 2.75) is 91.4 Å². The fourth-order valence-electron chi connectivity index (χ4n) is 3.44. The van der Waals surface area contributed by atoms with E-state index in [4.69, 9.17) is 5.11 Å². The summed E-state index contributed by atoms with van der Waals surface area (Å²) < 4.78 is 0. The van der Waals surface area contributed by atoms with Gasteiger partial charge < -0.3 is 10.2 Å². The van der Waals surface area contributed by atoms with E-state index in [0.717, 1.165) is 19.3 Å². The lowest BCUT2D eigenvalue weighted by Gasteiger charge is -2.35. The molecule has 0 aromatic carbocycles. The van der Waals surface area contributed by atoms with E-state index in [1.54, 1.807) is 0 Å². The third kappa shape index (κ3) is 6.80. The predicted octanol–water partition coefficient (Wildman–Crippen LogP) is 5.11. The second kappa shape index (κ2) is 11.5. The lowest BCUT2D eigenvalue weighted by atomic mass is 9.68. The molecule has 0 fully saturated rings. The molecule has 0 bridgehead atoms. The normalized spacial score (nSPS) is 13.0. The van der Waals surface area contributed by atoms with Crippen LogP contribution in [0, 0.1) is 11.3 Å².